The molecule has 1 aromatic heterocycles. The molecule has 0 saturated carbocycles. The molecule has 3 unspecified atom stereocenters. The van der Waals surface area contributed by atoms with Crippen molar-refractivity contribution in [3.63, 3.8) is 0 Å². The van der Waals surface area contributed by atoms with Crippen LogP contribution < -0.4 is 0 Å². The minimum Gasteiger partial charge on any atom is -0.372 e. The lowest BCUT2D eigenvalue weighted by Gasteiger charge is -2.37. The number of nitrogens with zero attached hydrogens (tertiary/aromatic N) is 3. The van der Waals surface area contributed by atoms with E-state index in [1.54, 1.807) is 11.3 Å². The minimum absolute atomic E-state index is 0.124. The maximum atomic E-state index is 12.7. The number of aryl methyl sites for hydroxylation is 2. The number of amides is 1. The van der Waals surface area contributed by atoms with E-state index in [0.29, 0.717) is 25.7 Å². The summed E-state index contributed by atoms with van der Waals surface area (Å²) in [6.07, 6.45) is 3.60. The third kappa shape index (κ3) is 3.75. The molecule has 1 amide bonds. The van der Waals surface area contributed by atoms with Crippen LogP contribution >= 0.6 is 11.3 Å². The Balaban J connectivity index is 1.65. The molecule has 1 saturated heterocycles. The van der Waals surface area contributed by atoms with E-state index in [-0.39, 0.29) is 18.1 Å². The predicted octanol–water partition coefficient (Wildman–Crippen LogP) is 2.40. The van der Waals surface area contributed by atoms with Crippen molar-refractivity contribution in [2.75, 3.05) is 26.7 Å². The number of carbonyl (C=O) groups excluding carboxylic acids is 1. The van der Waals surface area contributed by atoms with Crippen LogP contribution in [0.25, 0.3) is 0 Å². The molecule has 5 nitrogen and oxygen atoms in total. The van der Waals surface area contributed by atoms with Gasteiger partial charge in [-0.1, -0.05) is 0 Å². The Kier molecular flexibility index (Phi) is 5.04. The van der Waals surface area contributed by atoms with Gasteiger partial charge in [0.2, 0.25) is 5.91 Å². The number of hydrogen-bond donors (Lipinski definition) is 0. The number of hydrogen-bond acceptors (Lipinski definition) is 5. The normalized spacial score (nSPS) is 28.0. The first-order valence-corrected chi connectivity index (χ1v) is 9.35. The van der Waals surface area contributed by atoms with Crippen LogP contribution in [0.2, 0.25) is 0 Å². The summed E-state index contributed by atoms with van der Waals surface area (Å²) in [5.74, 6) is 0.211. The number of fused-ring (bicyclic) bond motifs is 1. The average Bonchev–Trinajstić information content (AvgIpc) is 2.85. The van der Waals surface area contributed by atoms with Crippen molar-refractivity contribution in [3.05, 3.63) is 15.6 Å². The summed E-state index contributed by atoms with van der Waals surface area (Å²) in [5.41, 5.74) is 1.25. The van der Waals surface area contributed by atoms with Gasteiger partial charge in [0.05, 0.1) is 29.5 Å². The quantitative estimate of drug-likeness (QED) is 0.850. The van der Waals surface area contributed by atoms with Crippen LogP contribution in [-0.4, -0.2) is 59.6 Å². The first kappa shape index (κ1) is 16.9. The molecule has 0 radical (unpaired) electrons. The van der Waals surface area contributed by atoms with Gasteiger partial charge < -0.3 is 9.64 Å². The molecule has 2 aliphatic rings. The second-order valence-electron chi connectivity index (χ2n) is 6.92. The van der Waals surface area contributed by atoms with E-state index in [9.17, 15) is 4.79 Å². The molecule has 3 rings (SSSR count). The second kappa shape index (κ2) is 6.87. The molecule has 23 heavy (non-hydrogen) atoms. The SMILES string of the molecule is Cc1nc2c(s1)C(N(C)CC(=O)N1CC(C)OC(C)C1)CCC2. The molecule has 1 aromatic rings. The molecule has 128 valence electrons. The number of carbonyl (C=O) groups is 1. The summed E-state index contributed by atoms with van der Waals surface area (Å²) in [4.78, 5) is 22.9. The molecule has 3 atom stereocenters. The Morgan fingerprint density at radius 2 is 2.09 bits per heavy atom. The minimum atomic E-state index is 0.124. The largest absolute Gasteiger partial charge is 0.372 e. The average molecular weight is 337 g/mol. The zero-order chi connectivity index (χ0) is 16.6. The lowest BCUT2D eigenvalue weighted by molar-refractivity contribution is -0.144. The highest BCUT2D eigenvalue weighted by molar-refractivity contribution is 7.11. The highest BCUT2D eigenvalue weighted by Crippen LogP contribution is 2.37. The van der Waals surface area contributed by atoms with Crippen LogP contribution in [0.3, 0.4) is 0 Å². The summed E-state index contributed by atoms with van der Waals surface area (Å²) >= 11 is 1.79. The van der Waals surface area contributed by atoms with Crippen LogP contribution in [0.15, 0.2) is 0 Å². The maximum Gasteiger partial charge on any atom is 0.236 e. The van der Waals surface area contributed by atoms with E-state index >= 15 is 0 Å². The van der Waals surface area contributed by atoms with Crippen molar-refractivity contribution < 1.29 is 9.53 Å². The van der Waals surface area contributed by atoms with E-state index in [1.807, 2.05) is 18.7 Å². The fraction of sp³-hybridized carbons (Fsp3) is 0.765. The zero-order valence-corrected chi connectivity index (χ0v) is 15.4. The first-order chi connectivity index (χ1) is 10.9. The Morgan fingerprint density at radius 3 is 2.78 bits per heavy atom. The van der Waals surface area contributed by atoms with E-state index in [0.717, 1.165) is 24.3 Å². The van der Waals surface area contributed by atoms with Crippen LogP contribution in [0, 0.1) is 6.92 Å². The van der Waals surface area contributed by atoms with Gasteiger partial charge in [-0.3, -0.25) is 9.69 Å². The molecule has 0 bridgehead atoms. The van der Waals surface area contributed by atoms with Gasteiger partial charge in [0.25, 0.3) is 0 Å². The third-order valence-corrected chi connectivity index (χ3v) is 5.83. The van der Waals surface area contributed by atoms with Gasteiger partial charge in [-0.25, -0.2) is 4.98 Å². The molecular formula is C17H27N3O2S. The summed E-state index contributed by atoms with van der Waals surface area (Å²) in [6, 6.07) is 0.338. The summed E-state index contributed by atoms with van der Waals surface area (Å²) in [7, 11) is 2.07. The fourth-order valence-electron chi connectivity index (χ4n) is 3.75. The van der Waals surface area contributed by atoms with Gasteiger partial charge in [-0.05, 0) is 47.1 Å². The number of aromatic nitrogens is 1. The lowest BCUT2D eigenvalue weighted by Crippen LogP contribution is -2.51. The molecule has 1 aliphatic carbocycles. The molecule has 0 N–H and O–H groups in total. The smallest absolute Gasteiger partial charge is 0.236 e. The van der Waals surface area contributed by atoms with Gasteiger partial charge in [0.1, 0.15) is 0 Å². The molecule has 0 aromatic carbocycles. The molecule has 2 heterocycles. The van der Waals surface area contributed by atoms with Crippen molar-refractivity contribution in [1.29, 1.82) is 0 Å². The Hall–Kier alpha value is -0.980. The fourth-order valence-corrected chi connectivity index (χ4v) is 4.92. The standard InChI is InChI=1S/C17H27N3O2S/c1-11-8-20(9-12(2)22-11)16(21)10-19(4)15-7-5-6-14-17(15)23-13(3)18-14/h11-12,15H,5-10H2,1-4H3. The van der Waals surface area contributed by atoms with Crippen LogP contribution in [0.5, 0.6) is 0 Å². The van der Waals surface area contributed by atoms with Gasteiger partial charge in [-0.2, -0.15) is 0 Å². The Bertz CT molecular complexity index is 564. The Morgan fingerprint density at radius 1 is 1.39 bits per heavy atom. The van der Waals surface area contributed by atoms with Crippen molar-refractivity contribution in [2.24, 2.45) is 0 Å². The summed E-state index contributed by atoms with van der Waals surface area (Å²) in [5, 5.41) is 1.14. The number of likely N-dealkylation sites (N-methyl/N-ethyl adjacent to an activating group) is 1. The first-order valence-electron chi connectivity index (χ1n) is 8.53. The highest BCUT2D eigenvalue weighted by Gasteiger charge is 2.31. The molecule has 1 aliphatic heterocycles. The number of thiazole rings is 1. The molecule has 6 heteroatoms. The predicted molar refractivity (Wildman–Crippen MR) is 91.7 cm³/mol. The summed E-state index contributed by atoms with van der Waals surface area (Å²) in [6.45, 7) is 8.02. The molecular weight excluding hydrogens is 310 g/mol. The topological polar surface area (TPSA) is 45.7 Å². The van der Waals surface area contributed by atoms with Gasteiger partial charge >= 0.3 is 0 Å². The van der Waals surface area contributed by atoms with E-state index in [1.165, 1.54) is 10.6 Å². The lowest BCUT2D eigenvalue weighted by atomic mass is 9.97. The number of ether oxygens (including phenoxy) is 1. The van der Waals surface area contributed by atoms with Crippen molar-refractivity contribution in [2.45, 2.75) is 58.3 Å². The maximum absolute atomic E-state index is 12.7. The van der Waals surface area contributed by atoms with E-state index < -0.39 is 0 Å². The molecule has 1 fully saturated rings. The van der Waals surface area contributed by atoms with Crippen molar-refractivity contribution in [1.82, 2.24) is 14.8 Å². The van der Waals surface area contributed by atoms with Crippen LogP contribution in [-0.2, 0) is 16.0 Å². The van der Waals surface area contributed by atoms with Gasteiger partial charge in [-0.15, -0.1) is 11.3 Å². The summed E-state index contributed by atoms with van der Waals surface area (Å²) < 4.78 is 5.72. The van der Waals surface area contributed by atoms with Gasteiger partial charge in [0, 0.05) is 24.0 Å². The monoisotopic (exact) mass is 337 g/mol. The molecule has 0 spiro atoms. The Labute approximate surface area is 142 Å². The van der Waals surface area contributed by atoms with Gasteiger partial charge in [0.15, 0.2) is 0 Å². The third-order valence-electron chi connectivity index (χ3n) is 4.72. The van der Waals surface area contributed by atoms with Crippen LogP contribution in [0.4, 0.5) is 0 Å². The highest BCUT2D eigenvalue weighted by atomic mass is 32.1. The van der Waals surface area contributed by atoms with E-state index in [2.05, 4.69) is 23.9 Å². The number of rotatable bonds is 3. The zero-order valence-electron chi connectivity index (χ0n) is 14.5. The van der Waals surface area contributed by atoms with E-state index in [4.69, 9.17) is 4.74 Å². The number of morpholine rings is 1. The van der Waals surface area contributed by atoms with Crippen molar-refractivity contribution >= 4 is 17.2 Å². The second-order valence-corrected chi connectivity index (χ2v) is 8.16. The van der Waals surface area contributed by atoms with Crippen LogP contribution in [0.1, 0.15) is 48.3 Å². The van der Waals surface area contributed by atoms with Crippen molar-refractivity contribution in [3.8, 4) is 0 Å².